The lowest BCUT2D eigenvalue weighted by atomic mass is 9.84. The molecule has 0 fully saturated rings. The van der Waals surface area contributed by atoms with Gasteiger partial charge < -0.3 is 25.2 Å². The van der Waals surface area contributed by atoms with Gasteiger partial charge in [0.2, 0.25) is 0 Å². The number of nitrogens with two attached hydrogens (primary N) is 1. The quantitative estimate of drug-likeness (QED) is 0.324. The molecule has 0 bridgehead atoms. The van der Waals surface area contributed by atoms with Gasteiger partial charge in [0.25, 0.3) is 5.91 Å². The zero-order valence-electron chi connectivity index (χ0n) is 18.2. The summed E-state index contributed by atoms with van der Waals surface area (Å²) in [5, 5.41) is 2.92. The number of hydrogen-bond donors (Lipinski definition) is 3. The van der Waals surface area contributed by atoms with Crippen molar-refractivity contribution in [2.75, 3.05) is 35.7 Å². The summed E-state index contributed by atoms with van der Waals surface area (Å²) in [7, 11) is 1.55. The second-order valence-electron chi connectivity index (χ2n) is 7.60. The Labute approximate surface area is 181 Å². The van der Waals surface area contributed by atoms with Crippen LogP contribution in [0.4, 0.5) is 17.1 Å². The van der Waals surface area contributed by atoms with E-state index in [1.165, 1.54) is 18.9 Å². The van der Waals surface area contributed by atoms with E-state index >= 15 is 0 Å². The van der Waals surface area contributed by atoms with Gasteiger partial charge in [0.05, 0.1) is 18.5 Å². The second-order valence-corrected chi connectivity index (χ2v) is 8.21. The van der Waals surface area contributed by atoms with E-state index < -0.39 is 5.41 Å². The lowest BCUT2D eigenvalue weighted by molar-refractivity contribution is -0.142. The molecule has 0 radical (unpaired) electrons. The normalized spacial score (nSPS) is 11.0. The van der Waals surface area contributed by atoms with Crippen molar-refractivity contribution < 1.29 is 19.1 Å². The summed E-state index contributed by atoms with van der Waals surface area (Å²) in [6, 6.07) is 8.94. The number of methoxy groups -OCH3 is 1. The number of hydrogen-bond acceptors (Lipinski definition) is 7. The van der Waals surface area contributed by atoms with Crippen LogP contribution in [0.25, 0.3) is 0 Å². The second kappa shape index (κ2) is 9.75. The summed E-state index contributed by atoms with van der Waals surface area (Å²) >= 11 is 1.40. The fourth-order valence-electron chi connectivity index (χ4n) is 2.86. The van der Waals surface area contributed by atoms with Crippen molar-refractivity contribution in [2.45, 2.75) is 33.1 Å². The van der Waals surface area contributed by atoms with Crippen molar-refractivity contribution in [1.29, 1.82) is 0 Å². The Bertz CT molecular complexity index is 944. The number of nitrogens with one attached hydrogen (secondary N) is 2. The number of nitrogen functional groups attached to an aromatic ring is 1. The number of benzene rings is 2. The lowest BCUT2D eigenvalue weighted by Crippen LogP contribution is -2.26. The van der Waals surface area contributed by atoms with Gasteiger partial charge in [-0.15, -0.1) is 0 Å². The van der Waals surface area contributed by atoms with Gasteiger partial charge in [-0.3, -0.25) is 9.59 Å². The van der Waals surface area contributed by atoms with Crippen molar-refractivity contribution in [3.05, 3.63) is 47.0 Å². The summed E-state index contributed by atoms with van der Waals surface area (Å²) in [6.07, 6.45) is 1.89. The van der Waals surface area contributed by atoms with Crippen LogP contribution in [-0.4, -0.2) is 31.8 Å². The Hall–Kier alpha value is -2.87. The van der Waals surface area contributed by atoms with Crippen LogP contribution in [0.15, 0.2) is 30.3 Å². The number of esters is 1. The maximum atomic E-state index is 12.9. The van der Waals surface area contributed by atoms with Crippen LogP contribution in [0.3, 0.4) is 0 Å². The third-order valence-corrected chi connectivity index (χ3v) is 5.14. The number of anilines is 3. The van der Waals surface area contributed by atoms with E-state index in [0.717, 1.165) is 11.1 Å². The van der Waals surface area contributed by atoms with Gasteiger partial charge in [-0.1, -0.05) is 31.9 Å². The van der Waals surface area contributed by atoms with Gasteiger partial charge in [0.1, 0.15) is 6.61 Å². The van der Waals surface area contributed by atoms with Crippen LogP contribution in [0.2, 0.25) is 0 Å². The Morgan fingerprint density at radius 2 is 1.83 bits per heavy atom. The topological polar surface area (TPSA) is 103 Å². The molecule has 0 aliphatic carbocycles. The molecule has 0 unspecified atom stereocenters. The molecule has 0 aliphatic heterocycles. The zero-order valence-corrected chi connectivity index (χ0v) is 19.0. The molecule has 0 heterocycles. The number of amides is 1. The maximum Gasteiger partial charge on any atom is 0.302 e. The monoisotopic (exact) mass is 431 g/mol. The van der Waals surface area contributed by atoms with Crippen LogP contribution >= 0.6 is 11.9 Å². The van der Waals surface area contributed by atoms with Crippen LogP contribution in [-0.2, 0) is 14.9 Å². The Morgan fingerprint density at radius 3 is 2.40 bits per heavy atom. The smallest absolute Gasteiger partial charge is 0.302 e. The van der Waals surface area contributed by atoms with Crippen molar-refractivity contribution in [3.63, 3.8) is 0 Å². The molecular formula is C22H29N3O4S. The molecule has 0 atom stereocenters. The Kier molecular flexibility index (Phi) is 7.61. The summed E-state index contributed by atoms with van der Waals surface area (Å²) in [4.78, 5) is 24.2. The lowest BCUT2D eigenvalue weighted by Gasteiger charge is -2.27. The zero-order chi connectivity index (χ0) is 22.5. The largest absolute Gasteiger partial charge is 0.492 e. The summed E-state index contributed by atoms with van der Waals surface area (Å²) in [6.45, 7) is 7.40. The van der Waals surface area contributed by atoms with Gasteiger partial charge in [0.15, 0.2) is 5.75 Å². The third-order valence-electron chi connectivity index (χ3n) is 4.71. The van der Waals surface area contributed by atoms with Crippen LogP contribution in [0.1, 0.15) is 42.3 Å². The minimum absolute atomic E-state index is 0.204. The Morgan fingerprint density at radius 1 is 1.17 bits per heavy atom. The minimum Gasteiger partial charge on any atom is -0.492 e. The summed E-state index contributed by atoms with van der Waals surface area (Å²) < 4.78 is 14.0. The molecular weight excluding hydrogens is 402 g/mol. The molecule has 2 aromatic carbocycles. The van der Waals surface area contributed by atoms with Gasteiger partial charge in [-0.25, -0.2) is 0 Å². The molecule has 4 N–H and O–H groups in total. The van der Waals surface area contributed by atoms with Crippen LogP contribution < -0.4 is 20.5 Å². The molecule has 162 valence electrons. The molecule has 30 heavy (non-hydrogen) atoms. The van der Waals surface area contributed by atoms with Gasteiger partial charge >= 0.3 is 5.97 Å². The first-order chi connectivity index (χ1) is 14.1. The molecule has 8 heteroatoms. The first kappa shape index (κ1) is 23.4. The number of carbonyl (C=O) groups is 2. The summed E-state index contributed by atoms with van der Waals surface area (Å²) in [5.41, 5.74) is 9.46. The van der Waals surface area contributed by atoms with Gasteiger partial charge in [-0.05, 0) is 42.3 Å². The average Bonchev–Trinajstić information content (AvgIpc) is 2.68. The number of rotatable bonds is 8. The van der Waals surface area contributed by atoms with E-state index in [-0.39, 0.29) is 18.5 Å². The SMILES string of the molecule is COc1c(NSC)cc(C(C)(C)COC(C)=O)cc1NC(=O)c1ccc(C)c(N)c1. The van der Waals surface area contributed by atoms with E-state index in [9.17, 15) is 9.59 Å². The van der Waals surface area contributed by atoms with Crippen molar-refractivity contribution in [3.8, 4) is 5.75 Å². The van der Waals surface area contributed by atoms with E-state index in [2.05, 4.69) is 10.0 Å². The molecule has 0 saturated heterocycles. The molecule has 0 aromatic heterocycles. The fourth-order valence-corrected chi connectivity index (χ4v) is 3.23. The predicted molar refractivity (Wildman–Crippen MR) is 123 cm³/mol. The van der Waals surface area contributed by atoms with Crippen molar-refractivity contribution in [2.24, 2.45) is 0 Å². The highest BCUT2D eigenvalue weighted by Crippen LogP contribution is 2.40. The molecule has 2 aromatic rings. The highest BCUT2D eigenvalue weighted by Gasteiger charge is 2.26. The van der Waals surface area contributed by atoms with Gasteiger partial charge in [-0.2, -0.15) is 0 Å². The molecule has 1 amide bonds. The summed E-state index contributed by atoms with van der Waals surface area (Å²) in [5.74, 6) is -0.139. The van der Waals surface area contributed by atoms with Crippen molar-refractivity contribution >= 4 is 40.9 Å². The van der Waals surface area contributed by atoms with E-state index in [1.54, 1.807) is 25.3 Å². The predicted octanol–water partition coefficient (Wildman–Crippen LogP) is 4.37. The number of aryl methyl sites for hydroxylation is 1. The van der Waals surface area contributed by atoms with E-state index in [1.807, 2.05) is 39.2 Å². The molecule has 0 aliphatic rings. The number of carbonyl (C=O) groups excluding carboxylic acids is 2. The van der Waals surface area contributed by atoms with Crippen LogP contribution in [0, 0.1) is 6.92 Å². The minimum atomic E-state index is -0.486. The van der Waals surface area contributed by atoms with E-state index in [4.69, 9.17) is 15.2 Å². The fraction of sp³-hybridized carbons (Fsp3) is 0.364. The van der Waals surface area contributed by atoms with Crippen molar-refractivity contribution in [1.82, 2.24) is 0 Å². The standard InChI is InChI=1S/C22H29N3O4S/c1-13-7-8-15(9-17(13)23)21(27)24-18-10-16(22(3,4)12-29-14(2)26)11-19(25-30-6)20(18)28-5/h7-11,25H,12,23H2,1-6H3,(H,24,27). The highest BCUT2D eigenvalue weighted by atomic mass is 32.2. The maximum absolute atomic E-state index is 12.9. The van der Waals surface area contributed by atoms with Gasteiger partial charge in [0, 0.05) is 29.8 Å². The highest BCUT2D eigenvalue weighted by molar-refractivity contribution is 7.99. The molecule has 0 saturated carbocycles. The third kappa shape index (κ3) is 5.60. The average molecular weight is 432 g/mol. The first-order valence-electron chi connectivity index (χ1n) is 9.41. The molecule has 0 spiro atoms. The Balaban J connectivity index is 2.47. The molecule has 7 nitrogen and oxygen atoms in total. The number of ether oxygens (including phenoxy) is 2. The first-order valence-corrected chi connectivity index (χ1v) is 10.6. The molecule has 2 rings (SSSR count). The van der Waals surface area contributed by atoms with Crippen LogP contribution in [0.5, 0.6) is 5.75 Å². The van der Waals surface area contributed by atoms with E-state index in [0.29, 0.717) is 28.4 Å².